The van der Waals surface area contributed by atoms with Crippen LogP contribution in [0, 0.1) is 0 Å². The lowest BCUT2D eigenvalue weighted by atomic mass is 10.1. The molecule has 0 spiro atoms. The van der Waals surface area contributed by atoms with Crippen LogP contribution >= 0.6 is 0 Å². The quantitative estimate of drug-likeness (QED) is 0.819. The highest BCUT2D eigenvalue weighted by Gasteiger charge is 2.30. The molecule has 0 saturated carbocycles. The molecule has 2 aliphatic rings. The van der Waals surface area contributed by atoms with Gasteiger partial charge in [-0.05, 0) is 24.2 Å². The molecule has 0 aromatic heterocycles. The number of carbonyl (C=O) groups is 2. The van der Waals surface area contributed by atoms with E-state index < -0.39 is 0 Å². The molecule has 2 aliphatic heterocycles. The Morgan fingerprint density at radius 2 is 2.12 bits per heavy atom. The minimum Gasteiger partial charge on any atom is -0.490 e. The Bertz CT molecular complexity index is 635. The predicted octanol–water partition coefficient (Wildman–Crippen LogP) is 0.675. The molecule has 2 N–H and O–H groups in total. The van der Waals surface area contributed by atoms with Crippen LogP contribution in [0.3, 0.4) is 0 Å². The normalized spacial score (nSPS) is 20.5. The Hall–Kier alpha value is -2.28. The summed E-state index contributed by atoms with van der Waals surface area (Å²) >= 11 is 0. The predicted molar refractivity (Wildman–Crippen MR) is 92.6 cm³/mol. The van der Waals surface area contributed by atoms with E-state index in [-0.39, 0.29) is 24.3 Å². The molecule has 7 heteroatoms. The first-order chi connectivity index (χ1) is 12.2. The third-order valence-electron chi connectivity index (χ3n) is 4.53. The van der Waals surface area contributed by atoms with Crippen molar-refractivity contribution in [1.29, 1.82) is 0 Å². The molecule has 1 aromatic carbocycles. The van der Waals surface area contributed by atoms with Crippen molar-refractivity contribution in [2.24, 2.45) is 0 Å². The summed E-state index contributed by atoms with van der Waals surface area (Å²) in [4.78, 5) is 26.3. The largest absolute Gasteiger partial charge is 0.490 e. The summed E-state index contributed by atoms with van der Waals surface area (Å²) in [5.41, 5.74) is 0.943. The van der Waals surface area contributed by atoms with Crippen molar-refractivity contribution in [2.75, 3.05) is 32.8 Å². The van der Waals surface area contributed by atoms with Gasteiger partial charge >= 0.3 is 0 Å². The minimum absolute atomic E-state index is 0.0705. The molecule has 0 aliphatic carbocycles. The van der Waals surface area contributed by atoms with Crippen LogP contribution in [0.2, 0.25) is 0 Å². The first kappa shape index (κ1) is 17.5. The number of likely N-dealkylation sites (N-methyl/N-ethyl adjacent to an activating group) is 1. The molecule has 1 saturated heterocycles. The van der Waals surface area contributed by atoms with Gasteiger partial charge in [0.25, 0.3) is 0 Å². The number of ether oxygens (including phenoxy) is 2. The number of hydrogen-bond acceptors (Lipinski definition) is 5. The summed E-state index contributed by atoms with van der Waals surface area (Å²) < 4.78 is 11.3. The number of carbonyl (C=O) groups excluding carboxylic acids is 2. The van der Waals surface area contributed by atoms with Gasteiger partial charge in [-0.2, -0.15) is 0 Å². The van der Waals surface area contributed by atoms with E-state index in [1.807, 2.05) is 30.0 Å². The van der Waals surface area contributed by atoms with Gasteiger partial charge in [-0.25, -0.2) is 0 Å². The molecule has 25 heavy (non-hydrogen) atoms. The zero-order chi connectivity index (χ0) is 17.6. The zero-order valence-electron chi connectivity index (χ0n) is 14.5. The van der Waals surface area contributed by atoms with Gasteiger partial charge in [0, 0.05) is 26.1 Å². The SMILES string of the molecule is CCN1CCNC(=O)[C@H]1CC(=O)NCc1ccc2c(c1)OCCCO2. The molecule has 3 rings (SSSR count). The molecule has 2 heterocycles. The maximum absolute atomic E-state index is 12.3. The average molecular weight is 347 g/mol. The summed E-state index contributed by atoms with van der Waals surface area (Å²) in [6, 6.07) is 5.30. The molecular formula is C18H25N3O4. The van der Waals surface area contributed by atoms with Crippen LogP contribution in [-0.4, -0.2) is 55.6 Å². The lowest BCUT2D eigenvalue weighted by Gasteiger charge is -2.33. The van der Waals surface area contributed by atoms with Crippen LogP contribution < -0.4 is 20.1 Å². The summed E-state index contributed by atoms with van der Waals surface area (Å²) in [5, 5.41) is 5.72. The molecular weight excluding hydrogens is 322 g/mol. The van der Waals surface area contributed by atoms with E-state index in [1.165, 1.54) is 0 Å². The number of benzene rings is 1. The molecule has 136 valence electrons. The Morgan fingerprint density at radius 1 is 1.32 bits per heavy atom. The third kappa shape index (κ3) is 4.42. The highest BCUT2D eigenvalue weighted by Crippen LogP contribution is 2.30. The number of amides is 2. The van der Waals surface area contributed by atoms with Gasteiger partial charge in [0.05, 0.1) is 25.7 Å². The molecule has 0 bridgehead atoms. The van der Waals surface area contributed by atoms with E-state index >= 15 is 0 Å². The monoisotopic (exact) mass is 347 g/mol. The summed E-state index contributed by atoms with van der Waals surface area (Å²) in [6.45, 7) is 5.86. The Kier molecular flexibility index (Phi) is 5.75. The molecule has 0 unspecified atom stereocenters. The van der Waals surface area contributed by atoms with Crippen LogP contribution in [0.4, 0.5) is 0 Å². The van der Waals surface area contributed by atoms with Gasteiger partial charge in [-0.3, -0.25) is 14.5 Å². The van der Waals surface area contributed by atoms with Crippen molar-refractivity contribution in [1.82, 2.24) is 15.5 Å². The van der Waals surface area contributed by atoms with E-state index in [0.29, 0.717) is 32.1 Å². The lowest BCUT2D eigenvalue weighted by molar-refractivity contribution is -0.133. The van der Waals surface area contributed by atoms with Crippen LogP contribution in [0.5, 0.6) is 11.5 Å². The van der Waals surface area contributed by atoms with Crippen molar-refractivity contribution in [2.45, 2.75) is 32.4 Å². The topological polar surface area (TPSA) is 79.9 Å². The lowest BCUT2D eigenvalue weighted by Crippen LogP contribution is -2.56. The molecule has 7 nitrogen and oxygen atoms in total. The van der Waals surface area contributed by atoms with E-state index in [0.717, 1.165) is 30.8 Å². The number of hydrogen-bond donors (Lipinski definition) is 2. The Balaban J connectivity index is 1.55. The standard InChI is InChI=1S/C18H25N3O4/c1-2-21-7-6-19-18(23)14(21)11-17(22)20-12-13-4-5-15-16(10-13)25-9-3-8-24-15/h4-5,10,14H,2-3,6-9,11-12H2,1H3,(H,19,23)(H,20,22)/t14-/m1/s1. The molecule has 1 atom stereocenters. The second-order valence-electron chi connectivity index (χ2n) is 6.25. The van der Waals surface area contributed by atoms with Crippen LogP contribution in [-0.2, 0) is 16.1 Å². The summed E-state index contributed by atoms with van der Waals surface area (Å²) in [7, 11) is 0. The van der Waals surface area contributed by atoms with E-state index in [4.69, 9.17) is 9.47 Å². The van der Waals surface area contributed by atoms with E-state index in [1.54, 1.807) is 0 Å². The first-order valence-corrected chi connectivity index (χ1v) is 8.84. The fourth-order valence-electron chi connectivity index (χ4n) is 3.13. The van der Waals surface area contributed by atoms with Gasteiger partial charge in [0.2, 0.25) is 11.8 Å². The second kappa shape index (κ2) is 8.20. The van der Waals surface area contributed by atoms with Gasteiger partial charge in [0.15, 0.2) is 11.5 Å². The minimum atomic E-state index is -0.387. The summed E-state index contributed by atoms with van der Waals surface area (Å²) in [6.07, 6.45) is 1.03. The number of nitrogens with one attached hydrogen (secondary N) is 2. The van der Waals surface area contributed by atoms with E-state index in [9.17, 15) is 9.59 Å². The van der Waals surface area contributed by atoms with Crippen molar-refractivity contribution in [3.8, 4) is 11.5 Å². The van der Waals surface area contributed by atoms with Crippen LogP contribution in [0.1, 0.15) is 25.3 Å². The second-order valence-corrected chi connectivity index (χ2v) is 6.25. The van der Waals surface area contributed by atoms with E-state index in [2.05, 4.69) is 10.6 Å². The smallest absolute Gasteiger partial charge is 0.237 e. The fourth-order valence-corrected chi connectivity index (χ4v) is 3.13. The third-order valence-corrected chi connectivity index (χ3v) is 4.53. The first-order valence-electron chi connectivity index (χ1n) is 8.84. The van der Waals surface area contributed by atoms with Gasteiger partial charge in [-0.15, -0.1) is 0 Å². The maximum Gasteiger partial charge on any atom is 0.237 e. The van der Waals surface area contributed by atoms with Gasteiger partial charge in [0.1, 0.15) is 0 Å². The van der Waals surface area contributed by atoms with Crippen molar-refractivity contribution >= 4 is 11.8 Å². The van der Waals surface area contributed by atoms with Crippen molar-refractivity contribution in [3.05, 3.63) is 23.8 Å². The van der Waals surface area contributed by atoms with Crippen LogP contribution in [0.15, 0.2) is 18.2 Å². The number of nitrogens with zero attached hydrogens (tertiary/aromatic N) is 1. The molecule has 2 amide bonds. The Labute approximate surface area is 147 Å². The molecule has 1 fully saturated rings. The highest BCUT2D eigenvalue weighted by molar-refractivity contribution is 5.88. The number of rotatable bonds is 5. The van der Waals surface area contributed by atoms with Crippen LogP contribution in [0.25, 0.3) is 0 Å². The van der Waals surface area contributed by atoms with Gasteiger partial charge < -0.3 is 20.1 Å². The Morgan fingerprint density at radius 3 is 2.92 bits per heavy atom. The maximum atomic E-state index is 12.3. The highest BCUT2D eigenvalue weighted by atomic mass is 16.5. The number of fused-ring (bicyclic) bond motifs is 1. The fraction of sp³-hybridized carbons (Fsp3) is 0.556. The van der Waals surface area contributed by atoms with Crippen molar-refractivity contribution in [3.63, 3.8) is 0 Å². The zero-order valence-corrected chi connectivity index (χ0v) is 14.5. The van der Waals surface area contributed by atoms with Crippen molar-refractivity contribution < 1.29 is 19.1 Å². The average Bonchev–Trinajstić information content (AvgIpc) is 2.86. The molecule has 0 radical (unpaired) electrons. The number of piperazine rings is 1. The molecule has 1 aromatic rings. The van der Waals surface area contributed by atoms with Gasteiger partial charge in [-0.1, -0.05) is 13.0 Å². The summed E-state index contributed by atoms with van der Waals surface area (Å²) in [5.74, 6) is 1.25.